The molecule has 120 valence electrons. The first-order valence-electron chi connectivity index (χ1n) is 7.99. The van der Waals surface area contributed by atoms with Crippen LogP contribution in [0.1, 0.15) is 72.1 Å². The summed E-state index contributed by atoms with van der Waals surface area (Å²) in [6, 6.07) is 0.0303. The number of ether oxygens (including phenoxy) is 2. The normalized spacial score (nSPS) is 14.0. The first-order chi connectivity index (χ1) is 9.61. The zero-order valence-corrected chi connectivity index (χ0v) is 13.7. The molecule has 0 unspecified atom stereocenters. The van der Waals surface area contributed by atoms with Gasteiger partial charge < -0.3 is 14.8 Å². The van der Waals surface area contributed by atoms with E-state index in [2.05, 4.69) is 12.2 Å². The lowest BCUT2D eigenvalue weighted by Gasteiger charge is -2.24. The van der Waals surface area contributed by atoms with Gasteiger partial charge in [-0.2, -0.15) is 0 Å². The number of nitrogens with one attached hydrogen (secondary N) is 1. The van der Waals surface area contributed by atoms with Gasteiger partial charge in [-0.3, -0.25) is 4.79 Å². The molecule has 0 aliphatic carbocycles. The van der Waals surface area contributed by atoms with Gasteiger partial charge in [0.05, 0.1) is 12.1 Å². The second kappa shape index (κ2) is 13.4. The van der Waals surface area contributed by atoms with E-state index in [-0.39, 0.29) is 24.8 Å². The SMILES string of the molecule is CCCCCCCCC[C@@H](OCOC)[C@H](C)NC(C)=O. The highest BCUT2D eigenvalue weighted by atomic mass is 16.7. The monoisotopic (exact) mass is 287 g/mol. The molecule has 0 rings (SSSR count). The smallest absolute Gasteiger partial charge is 0.217 e. The first kappa shape index (κ1) is 19.4. The van der Waals surface area contributed by atoms with E-state index in [1.54, 1.807) is 7.11 Å². The van der Waals surface area contributed by atoms with Crippen LogP contribution in [0.5, 0.6) is 0 Å². The summed E-state index contributed by atoms with van der Waals surface area (Å²) in [5.74, 6) is -0.0110. The van der Waals surface area contributed by atoms with Gasteiger partial charge in [-0.05, 0) is 13.3 Å². The van der Waals surface area contributed by atoms with E-state index in [1.165, 1.54) is 45.4 Å². The van der Waals surface area contributed by atoms with E-state index in [0.29, 0.717) is 0 Å². The van der Waals surface area contributed by atoms with Crippen LogP contribution in [0.15, 0.2) is 0 Å². The van der Waals surface area contributed by atoms with Crippen LogP contribution in [0.2, 0.25) is 0 Å². The molecule has 0 fully saturated rings. The van der Waals surface area contributed by atoms with Gasteiger partial charge in [0.15, 0.2) is 0 Å². The number of hydrogen-bond acceptors (Lipinski definition) is 3. The minimum absolute atomic E-state index is 0.0110. The Balaban J connectivity index is 3.82. The number of methoxy groups -OCH3 is 1. The Labute approximate surface area is 124 Å². The Morgan fingerprint density at radius 3 is 2.25 bits per heavy atom. The van der Waals surface area contributed by atoms with Crippen LogP contribution in [-0.2, 0) is 14.3 Å². The van der Waals surface area contributed by atoms with Gasteiger partial charge in [0.25, 0.3) is 0 Å². The van der Waals surface area contributed by atoms with E-state index >= 15 is 0 Å². The van der Waals surface area contributed by atoms with Gasteiger partial charge in [-0.15, -0.1) is 0 Å². The van der Waals surface area contributed by atoms with Crippen molar-refractivity contribution in [3.05, 3.63) is 0 Å². The minimum Gasteiger partial charge on any atom is -0.359 e. The average Bonchev–Trinajstić information content (AvgIpc) is 2.40. The highest BCUT2D eigenvalue weighted by Gasteiger charge is 2.18. The number of amides is 1. The van der Waals surface area contributed by atoms with Crippen molar-refractivity contribution in [1.29, 1.82) is 0 Å². The van der Waals surface area contributed by atoms with Gasteiger partial charge in [-0.25, -0.2) is 0 Å². The molecule has 0 aromatic rings. The van der Waals surface area contributed by atoms with E-state index < -0.39 is 0 Å². The molecule has 0 saturated carbocycles. The topological polar surface area (TPSA) is 47.6 Å². The molecule has 4 heteroatoms. The Kier molecular flexibility index (Phi) is 13.0. The van der Waals surface area contributed by atoms with Crippen molar-refractivity contribution >= 4 is 5.91 Å². The molecule has 0 spiro atoms. The quantitative estimate of drug-likeness (QED) is 0.415. The fraction of sp³-hybridized carbons (Fsp3) is 0.938. The van der Waals surface area contributed by atoms with Crippen LogP contribution in [-0.4, -0.2) is 32.0 Å². The van der Waals surface area contributed by atoms with Crippen LogP contribution in [0.3, 0.4) is 0 Å². The summed E-state index contributed by atoms with van der Waals surface area (Å²) in [6.07, 6.45) is 10.0. The number of rotatable bonds is 13. The molecule has 1 N–H and O–H groups in total. The van der Waals surface area contributed by atoms with Crippen LogP contribution in [0.4, 0.5) is 0 Å². The molecule has 0 bridgehead atoms. The highest BCUT2D eigenvalue weighted by Crippen LogP contribution is 2.13. The predicted molar refractivity (Wildman–Crippen MR) is 82.6 cm³/mol. The third-order valence-corrected chi connectivity index (χ3v) is 3.48. The van der Waals surface area contributed by atoms with Gasteiger partial charge >= 0.3 is 0 Å². The Hall–Kier alpha value is -0.610. The van der Waals surface area contributed by atoms with Crippen LogP contribution >= 0.6 is 0 Å². The molecule has 2 atom stereocenters. The van der Waals surface area contributed by atoms with Crippen molar-refractivity contribution in [1.82, 2.24) is 5.32 Å². The summed E-state index contributed by atoms with van der Waals surface area (Å²) >= 11 is 0. The second-order valence-electron chi connectivity index (χ2n) is 5.51. The Morgan fingerprint density at radius 2 is 1.70 bits per heavy atom. The fourth-order valence-electron chi connectivity index (χ4n) is 2.35. The van der Waals surface area contributed by atoms with E-state index in [1.807, 2.05) is 6.92 Å². The van der Waals surface area contributed by atoms with E-state index in [4.69, 9.17) is 9.47 Å². The maximum absolute atomic E-state index is 11.1. The third-order valence-electron chi connectivity index (χ3n) is 3.48. The van der Waals surface area contributed by atoms with E-state index in [0.717, 1.165) is 12.8 Å². The molecule has 0 aromatic carbocycles. The van der Waals surface area contributed by atoms with Crippen molar-refractivity contribution in [2.24, 2.45) is 0 Å². The van der Waals surface area contributed by atoms with Crippen molar-refractivity contribution in [3.8, 4) is 0 Å². The number of carbonyl (C=O) groups is 1. The highest BCUT2D eigenvalue weighted by molar-refractivity contribution is 5.73. The van der Waals surface area contributed by atoms with Crippen molar-refractivity contribution in [3.63, 3.8) is 0 Å². The molecule has 0 aliphatic rings. The minimum atomic E-state index is -0.0110. The van der Waals surface area contributed by atoms with Crippen LogP contribution in [0.25, 0.3) is 0 Å². The molecule has 0 heterocycles. The van der Waals surface area contributed by atoms with Crippen molar-refractivity contribution in [2.45, 2.75) is 84.3 Å². The number of carbonyl (C=O) groups excluding carboxylic acids is 1. The maximum atomic E-state index is 11.1. The molecule has 0 saturated heterocycles. The Bertz CT molecular complexity index is 234. The molecule has 0 radical (unpaired) electrons. The predicted octanol–water partition coefficient (Wildman–Crippen LogP) is 3.64. The largest absolute Gasteiger partial charge is 0.359 e. The summed E-state index contributed by atoms with van der Waals surface area (Å²) in [5, 5.41) is 2.90. The molecule has 4 nitrogen and oxygen atoms in total. The lowest BCUT2D eigenvalue weighted by atomic mass is 10.0. The molecule has 0 aliphatic heterocycles. The van der Waals surface area contributed by atoms with Gasteiger partial charge in [0, 0.05) is 14.0 Å². The first-order valence-corrected chi connectivity index (χ1v) is 7.99. The lowest BCUT2D eigenvalue weighted by molar-refractivity contribution is -0.123. The summed E-state index contributed by atoms with van der Waals surface area (Å²) in [5.41, 5.74) is 0. The number of hydrogen-bond donors (Lipinski definition) is 1. The molecular weight excluding hydrogens is 254 g/mol. The van der Waals surface area contributed by atoms with Crippen LogP contribution in [0, 0.1) is 0 Å². The molecule has 0 aromatic heterocycles. The number of unbranched alkanes of at least 4 members (excludes halogenated alkanes) is 6. The maximum Gasteiger partial charge on any atom is 0.217 e. The molecule has 1 amide bonds. The molecule has 20 heavy (non-hydrogen) atoms. The van der Waals surface area contributed by atoms with Crippen molar-refractivity contribution in [2.75, 3.05) is 13.9 Å². The van der Waals surface area contributed by atoms with Crippen LogP contribution < -0.4 is 5.32 Å². The summed E-state index contributed by atoms with van der Waals surface area (Å²) < 4.78 is 10.6. The second-order valence-corrected chi connectivity index (χ2v) is 5.51. The Morgan fingerprint density at radius 1 is 1.10 bits per heavy atom. The zero-order valence-electron chi connectivity index (χ0n) is 13.7. The summed E-state index contributed by atoms with van der Waals surface area (Å²) in [7, 11) is 1.62. The molecular formula is C16H33NO3. The summed E-state index contributed by atoms with van der Waals surface area (Å²) in [6.45, 7) is 6.05. The summed E-state index contributed by atoms with van der Waals surface area (Å²) in [4.78, 5) is 11.1. The van der Waals surface area contributed by atoms with Gasteiger partial charge in [0.1, 0.15) is 6.79 Å². The fourth-order valence-corrected chi connectivity index (χ4v) is 2.35. The standard InChI is InChI=1S/C16H33NO3/c1-5-6-7-8-9-10-11-12-16(20-13-19-4)14(2)17-15(3)18/h14,16H,5-13H2,1-4H3,(H,17,18)/t14-,16+/m0/s1. The van der Waals surface area contributed by atoms with Gasteiger partial charge in [-0.1, -0.05) is 51.9 Å². The third kappa shape index (κ3) is 11.2. The average molecular weight is 287 g/mol. The van der Waals surface area contributed by atoms with Crippen molar-refractivity contribution < 1.29 is 14.3 Å². The van der Waals surface area contributed by atoms with E-state index in [9.17, 15) is 4.79 Å². The lowest BCUT2D eigenvalue weighted by Crippen LogP contribution is -2.41. The zero-order chi connectivity index (χ0) is 15.2. The van der Waals surface area contributed by atoms with Gasteiger partial charge in [0.2, 0.25) is 5.91 Å².